The zero-order chi connectivity index (χ0) is 23.1. The maximum atomic E-state index is 6.05. The van der Waals surface area contributed by atoms with E-state index in [1.807, 2.05) is 6.07 Å². The summed E-state index contributed by atoms with van der Waals surface area (Å²) < 4.78 is 16.9. The largest absolute Gasteiger partial charge is 0.493 e. The van der Waals surface area contributed by atoms with E-state index in [1.54, 1.807) is 14.2 Å². The number of nitrogens with one attached hydrogen (secondary N) is 1. The average molecular weight is 446 g/mol. The van der Waals surface area contributed by atoms with E-state index in [1.165, 1.54) is 22.0 Å². The Balaban J connectivity index is 2.55. The lowest BCUT2D eigenvalue weighted by Crippen LogP contribution is -2.36. The second kappa shape index (κ2) is 11.3. The molecule has 1 N–H and O–H groups in total. The molecule has 0 amide bonds. The van der Waals surface area contributed by atoms with E-state index in [9.17, 15) is 0 Å². The predicted molar refractivity (Wildman–Crippen MR) is 133 cm³/mol. The van der Waals surface area contributed by atoms with Crippen LogP contribution in [-0.2, 0) is 16.4 Å². The zero-order valence-electron chi connectivity index (χ0n) is 20.5. The van der Waals surface area contributed by atoms with E-state index >= 15 is 0 Å². The summed E-state index contributed by atoms with van der Waals surface area (Å²) in [5.41, 5.74) is 4.00. The molecule has 0 spiro atoms. The molecule has 1 atom stereocenters. The molecule has 0 saturated heterocycles. The van der Waals surface area contributed by atoms with E-state index in [2.05, 4.69) is 77.2 Å². The lowest BCUT2D eigenvalue weighted by atomic mass is 9.91. The average Bonchev–Trinajstić information content (AvgIpc) is 2.75. The minimum Gasteiger partial charge on any atom is -0.493 e. The van der Waals surface area contributed by atoms with Crippen LogP contribution >= 0.6 is 8.58 Å². The molecule has 172 valence electrons. The maximum absolute atomic E-state index is 6.05. The minimum atomic E-state index is -0.0415. The van der Waals surface area contributed by atoms with Gasteiger partial charge in [0.15, 0.2) is 18.3 Å². The van der Waals surface area contributed by atoms with Crippen molar-refractivity contribution in [3.05, 3.63) is 53.1 Å². The molecule has 0 bridgehead atoms. The number of hydrogen-bond acceptors (Lipinski definition) is 4. The summed E-state index contributed by atoms with van der Waals surface area (Å²) in [6.07, 6.45) is 2.03. The summed E-state index contributed by atoms with van der Waals surface area (Å²) in [6.45, 7) is 14.5. The van der Waals surface area contributed by atoms with Crippen molar-refractivity contribution in [2.75, 3.05) is 21.0 Å². The molecule has 2 rings (SSSR count). The summed E-state index contributed by atoms with van der Waals surface area (Å²) in [4.78, 5) is 0. The number of methoxy groups -OCH3 is 2. The first-order valence-corrected chi connectivity index (χ1v) is 12.1. The Kier molecular flexibility index (Phi) is 9.36. The normalized spacial score (nSPS) is 12.5. The third-order valence-corrected chi connectivity index (χ3v) is 8.20. The summed E-state index contributed by atoms with van der Waals surface area (Å²) >= 11 is 0. The van der Waals surface area contributed by atoms with Gasteiger partial charge in [-0.2, -0.15) is 0 Å². The highest BCUT2D eigenvalue weighted by Crippen LogP contribution is 2.52. The van der Waals surface area contributed by atoms with Crippen LogP contribution in [0, 0.1) is 6.92 Å². The van der Waals surface area contributed by atoms with Crippen molar-refractivity contribution in [2.45, 2.75) is 71.6 Å². The predicted octanol–water partition coefficient (Wildman–Crippen LogP) is 5.89. The van der Waals surface area contributed by atoms with Crippen LogP contribution in [0.3, 0.4) is 0 Å². The van der Waals surface area contributed by atoms with Gasteiger partial charge in [0.2, 0.25) is 0 Å². The number of rotatable bonds is 11. The Morgan fingerprint density at radius 1 is 0.968 bits per heavy atom. The molecule has 0 aliphatic heterocycles. The Morgan fingerprint density at radius 3 is 2.23 bits per heavy atom. The van der Waals surface area contributed by atoms with Gasteiger partial charge < -0.3 is 19.5 Å². The van der Waals surface area contributed by atoms with Crippen LogP contribution in [0.25, 0.3) is 0 Å². The smallest absolute Gasteiger partial charge is 0.188 e. The van der Waals surface area contributed by atoms with E-state index in [4.69, 9.17) is 14.2 Å². The summed E-state index contributed by atoms with van der Waals surface area (Å²) in [5.74, 6) is 1.55. The second-order valence-corrected chi connectivity index (χ2v) is 10.7. The van der Waals surface area contributed by atoms with Crippen molar-refractivity contribution in [3.8, 4) is 11.5 Å². The van der Waals surface area contributed by atoms with Gasteiger partial charge in [-0.15, -0.1) is 0 Å². The highest BCUT2D eigenvalue weighted by Gasteiger charge is 2.34. The third-order valence-electron chi connectivity index (χ3n) is 5.78. The molecule has 5 heteroatoms. The van der Waals surface area contributed by atoms with Crippen molar-refractivity contribution in [2.24, 2.45) is 0 Å². The van der Waals surface area contributed by atoms with Crippen molar-refractivity contribution >= 4 is 13.9 Å². The van der Waals surface area contributed by atoms with Crippen LogP contribution in [0.2, 0.25) is 0 Å². The van der Waals surface area contributed by atoms with E-state index < -0.39 is 0 Å². The van der Waals surface area contributed by atoms with Gasteiger partial charge in [0, 0.05) is 29.9 Å². The third kappa shape index (κ3) is 6.44. The van der Waals surface area contributed by atoms with Crippen LogP contribution in [0.1, 0.15) is 64.2 Å². The fourth-order valence-electron chi connectivity index (χ4n) is 3.85. The lowest BCUT2D eigenvalue weighted by molar-refractivity contribution is 0.0479. The molecule has 1 unspecified atom stereocenters. The highest BCUT2D eigenvalue weighted by atomic mass is 31.1. The molecule has 0 aliphatic carbocycles. The summed E-state index contributed by atoms with van der Waals surface area (Å²) in [6, 6.07) is 12.9. The van der Waals surface area contributed by atoms with Gasteiger partial charge in [-0.25, -0.2) is 0 Å². The Labute approximate surface area is 190 Å². The van der Waals surface area contributed by atoms with Gasteiger partial charge in [0.05, 0.1) is 7.11 Å². The van der Waals surface area contributed by atoms with Crippen molar-refractivity contribution in [1.82, 2.24) is 5.32 Å². The first kappa shape index (κ1) is 25.6. The van der Waals surface area contributed by atoms with Crippen LogP contribution < -0.4 is 20.1 Å². The van der Waals surface area contributed by atoms with Crippen molar-refractivity contribution in [1.29, 1.82) is 0 Å². The Bertz CT molecular complexity index is 841. The van der Waals surface area contributed by atoms with Crippen molar-refractivity contribution < 1.29 is 14.2 Å². The Morgan fingerprint density at radius 2 is 1.65 bits per heavy atom. The van der Waals surface area contributed by atoms with Gasteiger partial charge in [-0.05, 0) is 63.0 Å². The quantitative estimate of drug-likeness (QED) is 0.346. The molecule has 0 aromatic heterocycles. The number of ether oxygens (including phenoxy) is 3. The van der Waals surface area contributed by atoms with Gasteiger partial charge >= 0.3 is 0 Å². The Hall–Kier alpha value is -1.61. The van der Waals surface area contributed by atoms with Crippen LogP contribution in [-0.4, -0.2) is 26.6 Å². The molecule has 0 saturated carbocycles. The van der Waals surface area contributed by atoms with E-state index in [0.717, 1.165) is 30.9 Å². The first-order chi connectivity index (χ1) is 14.7. The lowest BCUT2D eigenvalue weighted by Gasteiger charge is -2.36. The molecule has 2 aromatic rings. The molecule has 4 nitrogen and oxygen atoms in total. The number of aryl methyl sites for hydroxylation is 1. The fraction of sp³-hybridized carbons (Fsp3) is 0.538. The van der Waals surface area contributed by atoms with Crippen LogP contribution in [0.15, 0.2) is 36.4 Å². The zero-order valence-corrected chi connectivity index (χ0v) is 21.5. The molecular weight excluding hydrogens is 405 g/mol. The van der Waals surface area contributed by atoms with Gasteiger partial charge in [-0.1, -0.05) is 52.8 Å². The molecule has 31 heavy (non-hydrogen) atoms. The van der Waals surface area contributed by atoms with Gasteiger partial charge in [0.1, 0.15) is 0 Å². The van der Waals surface area contributed by atoms with E-state index in [0.29, 0.717) is 8.58 Å². The molecule has 0 radical (unpaired) electrons. The van der Waals surface area contributed by atoms with Gasteiger partial charge in [0.25, 0.3) is 0 Å². The van der Waals surface area contributed by atoms with Crippen LogP contribution in [0.5, 0.6) is 11.5 Å². The second-order valence-electron chi connectivity index (χ2n) is 9.01. The standard InChI is InChI=1S/C26H40NO3P/c1-9-26(10-2,21-15-12-16-22(29-8)23(21)30-18-28-7)31-24-19(3)13-11-14-20(24)17-27-25(4,5)6/h11-16,27,31H,9-10,17-18H2,1-8H3. The van der Waals surface area contributed by atoms with E-state index in [-0.39, 0.29) is 17.5 Å². The molecule has 0 heterocycles. The first-order valence-electron chi connectivity index (χ1n) is 11.1. The number of hydrogen-bond donors (Lipinski definition) is 1. The summed E-state index contributed by atoms with van der Waals surface area (Å²) in [5, 5.41) is 5.07. The molecule has 2 aromatic carbocycles. The molecule has 0 aliphatic rings. The molecule has 0 fully saturated rings. The topological polar surface area (TPSA) is 39.7 Å². The van der Waals surface area contributed by atoms with Crippen molar-refractivity contribution in [3.63, 3.8) is 0 Å². The van der Waals surface area contributed by atoms with Crippen LogP contribution in [0.4, 0.5) is 0 Å². The number of benzene rings is 2. The maximum Gasteiger partial charge on any atom is 0.188 e. The minimum absolute atomic E-state index is 0.0415. The monoisotopic (exact) mass is 445 g/mol. The number of para-hydroxylation sites is 1. The van der Waals surface area contributed by atoms with Gasteiger partial charge in [-0.3, -0.25) is 0 Å². The highest BCUT2D eigenvalue weighted by molar-refractivity contribution is 7.48. The fourth-order valence-corrected chi connectivity index (χ4v) is 5.63. The molecular formula is C26H40NO3P. The summed E-state index contributed by atoms with van der Waals surface area (Å²) in [7, 11) is 3.95. The SMILES string of the molecule is CCC(CC)(Pc1c(C)cccc1CNC(C)(C)C)c1cccc(OC)c1OCOC.